The molecule has 2 aromatic heterocycles. The Kier molecular flexibility index (Phi) is 3.02. The van der Waals surface area contributed by atoms with Crippen LogP contribution in [0.25, 0.3) is 11.0 Å². The number of nitrogens with zero attached hydrogens (tertiary/aromatic N) is 2. The lowest BCUT2D eigenvalue weighted by Gasteiger charge is -2.05. The molecular weight excluding hydrogens is 252 g/mol. The van der Waals surface area contributed by atoms with Gasteiger partial charge in [0, 0.05) is 6.54 Å². The predicted molar refractivity (Wildman–Crippen MR) is 79.6 cm³/mol. The Morgan fingerprint density at radius 3 is 2.80 bits per heavy atom. The van der Waals surface area contributed by atoms with Gasteiger partial charge in [-0.15, -0.1) is 0 Å². The van der Waals surface area contributed by atoms with Crippen molar-refractivity contribution in [2.24, 2.45) is 0 Å². The van der Waals surface area contributed by atoms with E-state index in [1.807, 2.05) is 0 Å². The van der Waals surface area contributed by atoms with Crippen molar-refractivity contribution in [2.45, 2.75) is 19.9 Å². The van der Waals surface area contributed by atoms with Gasteiger partial charge in [0.05, 0.1) is 11.7 Å². The van der Waals surface area contributed by atoms with Gasteiger partial charge >= 0.3 is 0 Å². The number of aromatic amines is 1. The van der Waals surface area contributed by atoms with Crippen molar-refractivity contribution < 1.29 is 0 Å². The van der Waals surface area contributed by atoms with E-state index in [1.54, 1.807) is 17.0 Å². The molecule has 20 heavy (non-hydrogen) atoms. The van der Waals surface area contributed by atoms with E-state index in [0.717, 1.165) is 6.42 Å². The minimum Gasteiger partial charge on any atom is -0.385 e. The first kappa shape index (κ1) is 12.5. The molecule has 3 rings (SSSR count). The van der Waals surface area contributed by atoms with Crippen LogP contribution < -0.4 is 11.3 Å². The van der Waals surface area contributed by atoms with Crippen LogP contribution >= 0.6 is 0 Å². The zero-order valence-corrected chi connectivity index (χ0v) is 11.3. The number of hydrogen-bond acceptors (Lipinski definition) is 3. The molecule has 0 atom stereocenters. The highest BCUT2D eigenvalue weighted by molar-refractivity contribution is 5.78. The second-order valence-electron chi connectivity index (χ2n) is 4.97. The minimum atomic E-state index is -0.0601. The molecule has 3 aromatic rings. The lowest BCUT2D eigenvalue weighted by molar-refractivity contribution is 0.662. The van der Waals surface area contributed by atoms with Crippen LogP contribution in [0.4, 0.5) is 5.82 Å². The van der Waals surface area contributed by atoms with Crippen molar-refractivity contribution in [2.75, 3.05) is 5.73 Å². The van der Waals surface area contributed by atoms with Crippen LogP contribution in [-0.4, -0.2) is 14.5 Å². The van der Waals surface area contributed by atoms with Crippen LogP contribution in [0.5, 0.6) is 0 Å². The number of nitrogen functional groups attached to an aromatic ring is 1. The summed E-state index contributed by atoms with van der Waals surface area (Å²) in [6.07, 6.45) is 2.36. The van der Waals surface area contributed by atoms with Crippen molar-refractivity contribution in [3.63, 3.8) is 0 Å². The topological polar surface area (TPSA) is 76.7 Å². The van der Waals surface area contributed by atoms with Crippen LogP contribution in [-0.2, 0) is 13.0 Å². The first-order valence-electron chi connectivity index (χ1n) is 6.52. The number of hydrogen-bond donors (Lipinski definition) is 2. The maximum absolute atomic E-state index is 12.3. The molecule has 1 aromatic carbocycles. The van der Waals surface area contributed by atoms with Gasteiger partial charge in [-0.25, -0.2) is 4.98 Å². The molecule has 0 saturated carbocycles. The van der Waals surface area contributed by atoms with Gasteiger partial charge in [-0.05, 0) is 25.0 Å². The molecule has 2 heterocycles. The van der Waals surface area contributed by atoms with E-state index >= 15 is 0 Å². The van der Waals surface area contributed by atoms with E-state index in [0.29, 0.717) is 23.4 Å². The number of fused-ring (bicyclic) bond motifs is 1. The Balaban J connectivity index is 1.85. The van der Waals surface area contributed by atoms with Crippen LogP contribution in [0.3, 0.4) is 0 Å². The fourth-order valence-electron chi connectivity index (χ4n) is 2.23. The molecule has 0 aliphatic rings. The molecule has 0 fully saturated rings. The molecule has 0 bridgehead atoms. The molecule has 5 heteroatoms. The molecule has 0 saturated heterocycles. The van der Waals surface area contributed by atoms with Crippen molar-refractivity contribution in [1.82, 2.24) is 14.5 Å². The minimum absolute atomic E-state index is 0.0601. The van der Waals surface area contributed by atoms with Gasteiger partial charge in [-0.1, -0.05) is 29.8 Å². The van der Waals surface area contributed by atoms with Crippen LogP contribution in [0.2, 0.25) is 0 Å². The first-order valence-corrected chi connectivity index (χ1v) is 6.52. The highest BCUT2D eigenvalue weighted by Crippen LogP contribution is 2.10. The van der Waals surface area contributed by atoms with Gasteiger partial charge in [-0.3, -0.25) is 9.36 Å². The van der Waals surface area contributed by atoms with Crippen LogP contribution in [0.1, 0.15) is 11.1 Å². The van der Waals surface area contributed by atoms with Gasteiger partial charge < -0.3 is 10.7 Å². The number of benzene rings is 1. The highest BCUT2D eigenvalue weighted by Gasteiger charge is 2.06. The van der Waals surface area contributed by atoms with E-state index in [4.69, 9.17) is 5.73 Å². The number of nitrogens with one attached hydrogen (secondary N) is 1. The Morgan fingerprint density at radius 2 is 2.05 bits per heavy atom. The number of nitrogens with two attached hydrogens (primary N) is 1. The molecule has 0 spiro atoms. The third-order valence-corrected chi connectivity index (χ3v) is 3.40. The molecule has 3 N–H and O–H groups in total. The Labute approximate surface area is 116 Å². The molecule has 0 aliphatic carbocycles. The average molecular weight is 268 g/mol. The molecule has 0 aliphatic heterocycles. The number of anilines is 1. The van der Waals surface area contributed by atoms with Crippen LogP contribution in [0, 0.1) is 6.92 Å². The molecule has 102 valence electrons. The van der Waals surface area contributed by atoms with Crippen molar-refractivity contribution in [3.05, 3.63) is 58.1 Å². The molecule has 0 amide bonds. The van der Waals surface area contributed by atoms with Gasteiger partial charge in [-0.2, -0.15) is 0 Å². The summed E-state index contributed by atoms with van der Waals surface area (Å²) in [6.45, 7) is 2.67. The number of aromatic nitrogens is 3. The van der Waals surface area contributed by atoms with E-state index in [9.17, 15) is 4.79 Å². The fourth-order valence-corrected chi connectivity index (χ4v) is 2.23. The normalized spacial score (nSPS) is 11.1. The van der Waals surface area contributed by atoms with Gasteiger partial charge in [0.25, 0.3) is 5.56 Å². The number of rotatable bonds is 3. The summed E-state index contributed by atoms with van der Waals surface area (Å²) < 4.78 is 1.62. The Hall–Kier alpha value is -2.56. The summed E-state index contributed by atoms with van der Waals surface area (Å²) in [4.78, 5) is 19.3. The van der Waals surface area contributed by atoms with E-state index < -0.39 is 0 Å². The largest absolute Gasteiger partial charge is 0.385 e. The molecule has 5 nitrogen and oxygen atoms in total. The van der Waals surface area contributed by atoms with Crippen molar-refractivity contribution >= 4 is 16.9 Å². The van der Waals surface area contributed by atoms with E-state index in [-0.39, 0.29) is 5.56 Å². The Bertz CT molecular complexity index is 799. The summed E-state index contributed by atoms with van der Waals surface area (Å²) in [7, 11) is 0. The molecular formula is C15H16N4O. The third kappa shape index (κ3) is 2.30. The fraction of sp³-hybridized carbons (Fsp3) is 0.200. The maximum Gasteiger partial charge on any atom is 0.262 e. The van der Waals surface area contributed by atoms with Crippen molar-refractivity contribution in [3.8, 4) is 0 Å². The summed E-state index contributed by atoms with van der Waals surface area (Å²) >= 11 is 0. The highest BCUT2D eigenvalue weighted by atomic mass is 16.1. The zero-order chi connectivity index (χ0) is 14.1. The third-order valence-electron chi connectivity index (χ3n) is 3.40. The lowest BCUT2D eigenvalue weighted by Crippen LogP contribution is -2.21. The number of aryl methyl sites for hydroxylation is 3. The predicted octanol–water partition coefficient (Wildman–Crippen LogP) is 1.86. The first-order chi connectivity index (χ1) is 9.63. The van der Waals surface area contributed by atoms with Gasteiger partial charge in [0.1, 0.15) is 11.5 Å². The standard InChI is InChI=1S/C15H16N4O/c1-10-2-4-11(5-3-10)6-7-19-9-17-14-12(15(19)20)8-13(16)18-14/h2-5,8-9,18H,6-7,16H2,1H3. The van der Waals surface area contributed by atoms with Crippen LogP contribution in [0.15, 0.2) is 41.5 Å². The lowest BCUT2D eigenvalue weighted by atomic mass is 10.1. The number of H-pyrrole nitrogens is 1. The Morgan fingerprint density at radius 1 is 1.30 bits per heavy atom. The summed E-state index contributed by atoms with van der Waals surface area (Å²) in [5.74, 6) is 0.459. The average Bonchev–Trinajstić information content (AvgIpc) is 2.81. The molecule has 0 radical (unpaired) electrons. The van der Waals surface area contributed by atoms with E-state index in [1.165, 1.54) is 11.1 Å². The quantitative estimate of drug-likeness (QED) is 0.761. The van der Waals surface area contributed by atoms with Gasteiger partial charge in [0.15, 0.2) is 0 Å². The maximum atomic E-state index is 12.3. The zero-order valence-electron chi connectivity index (χ0n) is 11.3. The van der Waals surface area contributed by atoms with Gasteiger partial charge in [0.2, 0.25) is 0 Å². The second kappa shape index (κ2) is 4.85. The molecule has 0 unspecified atom stereocenters. The van der Waals surface area contributed by atoms with E-state index in [2.05, 4.69) is 41.2 Å². The SMILES string of the molecule is Cc1ccc(CCn2cnc3[nH]c(N)cc3c2=O)cc1. The summed E-state index contributed by atoms with van der Waals surface area (Å²) in [5.41, 5.74) is 8.56. The monoisotopic (exact) mass is 268 g/mol. The summed E-state index contributed by atoms with van der Waals surface area (Å²) in [6, 6.07) is 9.95. The van der Waals surface area contributed by atoms with Crippen molar-refractivity contribution in [1.29, 1.82) is 0 Å². The smallest absolute Gasteiger partial charge is 0.262 e. The second-order valence-corrected chi connectivity index (χ2v) is 4.97. The summed E-state index contributed by atoms with van der Waals surface area (Å²) in [5, 5.41) is 0.536.